The first-order valence-electron chi connectivity index (χ1n) is 7.22. The summed E-state index contributed by atoms with van der Waals surface area (Å²) >= 11 is 6.13. The van der Waals surface area contributed by atoms with Gasteiger partial charge in [-0.15, -0.1) is 0 Å². The number of aliphatic hydroxyl groups is 1. The van der Waals surface area contributed by atoms with Crippen LogP contribution in [0.15, 0.2) is 12.1 Å². The van der Waals surface area contributed by atoms with Gasteiger partial charge in [-0.05, 0) is 24.7 Å². The first-order valence-corrected chi connectivity index (χ1v) is 7.60. The molecular weight excluding hydrogens is 308 g/mol. The fourth-order valence-electron chi connectivity index (χ4n) is 2.21. The van der Waals surface area contributed by atoms with Crippen LogP contribution in [0, 0.1) is 5.92 Å². The molecule has 1 aromatic carbocycles. The Kier molecular flexibility index (Phi) is 5.88. The molecule has 0 fully saturated rings. The first-order chi connectivity index (χ1) is 10.5. The zero-order valence-electron chi connectivity index (χ0n) is 12.7. The third-order valence-electron chi connectivity index (χ3n) is 3.43. The van der Waals surface area contributed by atoms with Crippen molar-refractivity contribution < 1.29 is 19.4 Å². The molecule has 0 saturated carbocycles. The van der Waals surface area contributed by atoms with E-state index >= 15 is 0 Å². The van der Waals surface area contributed by atoms with E-state index in [2.05, 4.69) is 10.6 Å². The van der Waals surface area contributed by atoms with E-state index in [4.69, 9.17) is 21.1 Å². The molecule has 1 heterocycles. The van der Waals surface area contributed by atoms with Gasteiger partial charge in [0.05, 0.1) is 11.1 Å². The van der Waals surface area contributed by atoms with Crippen LogP contribution >= 0.6 is 11.6 Å². The summed E-state index contributed by atoms with van der Waals surface area (Å²) in [5, 5.41) is 16.3. The highest BCUT2D eigenvalue weighted by Crippen LogP contribution is 2.39. The fraction of sp³-hybridized carbons (Fsp3) is 0.533. The summed E-state index contributed by atoms with van der Waals surface area (Å²) in [7, 11) is 1.79. The van der Waals surface area contributed by atoms with Crippen LogP contribution in [0.4, 0.5) is 0 Å². The molecule has 6 nitrogen and oxygen atoms in total. The number of carbonyl (C=O) groups is 1. The third kappa shape index (κ3) is 4.03. The Hall–Kier alpha value is -1.50. The maximum atomic E-state index is 11.8. The summed E-state index contributed by atoms with van der Waals surface area (Å²) in [5.41, 5.74) is 0.579. The number of fused-ring (bicyclic) bond motifs is 1. The molecule has 0 spiro atoms. The summed E-state index contributed by atoms with van der Waals surface area (Å²) in [6.45, 7) is 3.41. The number of hydrogen-bond donors (Lipinski definition) is 3. The topological polar surface area (TPSA) is 79.8 Å². The Balaban J connectivity index is 1.99. The highest BCUT2D eigenvalue weighted by atomic mass is 35.5. The predicted octanol–water partition coefficient (Wildman–Crippen LogP) is 1.12. The Bertz CT molecular complexity index is 539. The van der Waals surface area contributed by atoms with Crippen molar-refractivity contribution in [2.75, 3.05) is 33.4 Å². The van der Waals surface area contributed by atoms with Gasteiger partial charge in [0.2, 0.25) is 5.91 Å². The molecule has 122 valence electrons. The van der Waals surface area contributed by atoms with Gasteiger partial charge in [-0.3, -0.25) is 4.79 Å². The van der Waals surface area contributed by atoms with E-state index in [1.54, 1.807) is 19.2 Å². The zero-order chi connectivity index (χ0) is 16.1. The van der Waals surface area contributed by atoms with Gasteiger partial charge in [-0.2, -0.15) is 0 Å². The molecule has 7 heteroatoms. The summed E-state index contributed by atoms with van der Waals surface area (Å²) in [6.07, 6.45) is -0.862. The van der Waals surface area contributed by atoms with Crippen LogP contribution in [0.3, 0.4) is 0 Å². The quantitative estimate of drug-likeness (QED) is 0.729. The van der Waals surface area contributed by atoms with Crippen molar-refractivity contribution in [3.63, 3.8) is 0 Å². The number of hydrogen-bond acceptors (Lipinski definition) is 5. The molecule has 1 aliphatic rings. The largest absolute Gasteiger partial charge is 0.486 e. The molecule has 0 bridgehead atoms. The Morgan fingerprint density at radius 3 is 2.82 bits per heavy atom. The van der Waals surface area contributed by atoms with Crippen LogP contribution in [-0.4, -0.2) is 44.4 Å². The summed E-state index contributed by atoms with van der Waals surface area (Å²) < 4.78 is 10.9. The lowest BCUT2D eigenvalue weighted by molar-refractivity contribution is -0.124. The van der Waals surface area contributed by atoms with Crippen molar-refractivity contribution in [1.29, 1.82) is 0 Å². The molecule has 2 unspecified atom stereocenters. The molecule has 2 atom stereocenters. The van der Waals surface area contributed by atoms with Crippen LogP contribution in [-0.2, 0) is 4.79 Å². The van der Waals surface area contributed by atoms with Crippen molar-refractivity contribution in [1.82, 2.24) is 10.6 Å². The Morgan fingerprint density at radius 1 is 1.36 bits per heavy atom. The molecule has 1 aromatic rings. The molecule has 22 heavy (non-hydrogen) atoms. The minimum Gasteiger partial charge on any atom is -0.486 e. The number of carbonyl (C=O) groups excluding carboxylic acids is 1. The van der Waals surface area contributed by atoms with Crippen molar-refractivity contribution in [2.24, 2.45) is 5.92 Å². The predicted molar refractivity (Wildman–Crippen MR) is 83.5 cm³/mol. The number of aliphatic hydroxyl groups excluding tert-OH is 1. The molecule has 1 aliphatic heterocycles. The first kappa shape index (κ1) is 16.9. The molecule has 3 N–H and O–H groups in total. The lowest BCUT2D eigenvalue weighted by Gasteiger charge is -2.22. The minimum atomic E-state index is -0.862. The number of halogens is 1. The number of amides is 1. The van der Waals surface area contributed by atoms with Crippen molar-refractivity contribution in [2.45, 2.75) is 13.0 Å². The lowest BCUT2D eigenvalue weighted by Crippen LogP contribution is -2.36. The molecular formula is C15H21ClN2O4. The number of nitrogens with one attached hydrogen (secondary N) is 2. The normalized spacial score (nSPS) is 16.0. The maximum absolute atomic E-state index is 11.8. The van der Waals surface area contributed by atoms with Gasteiger partial charge in [-0.25, -0.2) is 0 Å². The van der Waals surface area contributed by atoms with E-state index in [1.165, 1.54) is 0 Å². The Morgan fingerprint density at radius 2 is 2.09 bits per heavy atom. The summed E-state index contributed by atoms with van der Waals surface area (Å²) in [4.78, 5) is 11.8. The maximum Gasteiger partial charge on any atom is 0.224 e. The second-order valence-electron chi connectivity index (χ2n) is 5.25. The van der Waals surface area contributed by atoms with Crippen LogP contribution in [0.2, 0.25) is 5.02 Å². The molecule has 0 aromatic heterocycles. The van der Waals surface area contributed by atoms with Crippen LogP contribution in [0.25, 0.3) is 0 Å². The second-order valence-corrected chi connectivity index (χ2v) is 5.65. The van der Waals surface area contributed by atoms with Crippen LogP contribution in [0.1, 0.15) is 18.6 Å². The van der Waals surface area contributed by atoms with E-state index in [0.29, 0.717) is 41.8 Å². The van der Waals surface area contributed by atoms with Gasteiger partial charge >= 0.3 is 0 Å². The lowest BCUT2D eigenvalue weighted by atomic mass is 10.1. The average molecular weight is 329 g/mol. The Labute approximate surface area is 134 Å². The molecule has 0 saturated heterocycles. The van der Waals surface area contributed by atoms with E-state index in [1.807, 2.05) is 6.92 Å². The second kappa shape index (κ2) is 7.67. The van der Waals surface area contributed by atoms with Crippen molar-refractivity contribution in [3.8, 4) is 11.5 Å². The smallest absolute Gasteiger partial charge is 0.224 e. The summed E-state index contributed by atoms with van der Waals surface area (Å²) in [5.74, 6) is 0.733. The van der Waals surface area contributed by atoms with Gasteiger partial charge < -0.3 is 25.2 Å². The fourth-order valence-corrected chi connectivity index (χ4v) is 2.49. The minimum absolute atomic E-state index is 0.114. The van der Waals surface area contributed by atoms with Gasteiger partial charge in [0.15, 0.2) is 11.5 Å². The van der Waals surface area contributed by atoms with E-state index in [9.17, 15) is 9.90 Å². The van der Waals surface area contributed by atoms with Gasteiger partial charge in [-0.1, -0.05) is 18.5 Å². The van der Waals surface area contributed by atoms with E-state index in [0.717, 1.165) is 0 Å². The van der Waals surface area contributed by atoms with Crippen molar-refractivity contribution in [3.05, 3.63) is 22.7 Å². The average Bonchev–Trinajstić information content (AvgIpc) is 2.52. The molecule has 2 rings (SSSR count). The SMILES string of the molecule is CNCC(C)C(=O)NCC(O)c1cc(Cl)c2c(c1)OCCO2. The number of rotatable bonds is 6. The van der Waals surface area contributed by atoms with Gasteiger partial charge in [0, 0.05) is 19.0 Å². The van der Waals surface area contributed by atoms with Crippen LogP contribution in [0.5, 0.6) is 11.5 Å². The molecule has 0 aliphatic carbocycles. The van der Waals surface area contributed by atoms with Crippen molar-refractivity contribution >= 4 is 17.5 Å². The molecule has 1 amide bonds. The standard InChI is InChI=1S/C15H21ClN2O4/c1-9(7-17-2)15(20)18-8-12(19)10-5-11(16)14-13(6-10)21-3-4-22-14/h5-6,9,12,17,19H,3-4,7-8H2,1-2H3,(H,18,20). The summed E-state index contributed by atoms with van der Waals surface area (Å²) in [6, 6.07) is 3.32. The van der Waals surface area contributed by atoms with E-state index < -0.39 is 6.10 Å². The number of ether oxygens (including phenoxy) is 2. The van der Waals surface area contributed by atoms with Gasteiger partial charge in [0.1, 0.15) is 13.2 Å². The number of benzene rings is 1. The molecule has 0 radical (unpaired) electrons. The highest BCUT2D eigenvalue weighted by Gasteiger charge is 2.20. The third-order valence-corrected chi connectivity index (χ3v) is 3.71. The monoisotopic (exact) mass is 328 g/mol. The highest BCUT2D eigenvalue weighted by molar-refractivity contribution is 6.32. The van der Waals surface area contributed by atoms with E-state index in [-0.39, 0.29) is 18.4 Å². The zero-order valence-corrected chi connectivity index (χ0v) is 13.4. The van der Waals surface area contributed by atoms with Crippen LogP contribution < -0.4 is 20.1 Å². The van der Waals surface area contributed by atoms with Gasteiger partial charge in [0.25, 0.3) is 0 Å².